The molecule has 68 heavy (non-hydrogen) atoms. The van der Waals surface area contributed by atoms with Crippen molar-refractivity contribution in [3.63, 3.8) is 0 Å². The van der Waals surface area contributed by atoms with E-state index in [0.717, 1.165) is 97.1 Å². The summed E-state index contributed by atoms with van der Waals surface area (Å²) in [6.45, 7) is 14.4. The van der Waals surface area contributed by atoms with Gasteiger partial charge in [-0.15, -0.1) is 0 Å². The van der Waals surface area contributed by atoms with Gasteiger partial charge in [-0.3, -0.25) is 39.1 Å². The summed E-state index contributed by atoms with van der Waals surface area (Å²) < 4.78 is 7.97. The molecule has 3 N–H and O–H groups in total. The lowest BCUT2D eigenvalue weighted by atomic mass is 9.94. The third-order valence-corrected chi connectivity index (χ3v) is 13.9. The highest BCUT2D eigenvalue weighted by Crippen LogP contribution is 2.39. The summed E-state index contributed by atoms with van der Waals surface area (Å²) in [5, 5.41) is 9.70. The van der Waals surface area contributed by atoms with Gasteiger partial charge in [0.25, 0.3) is 11.8 Å². The number of imide groups is 2. The van der Waals surface area contributed by atoms with Gasteiger partial charge >= 0.3 is 0 Å². The number of piperidine rings is 2. The highest BCUT2D eigenvalue weighted by Gasteiger charge is 2.45. The summed E-state index contributed by atoms with van der Waals surface area (Å²) in [4.78, 5) is 83.8. The number of anilines is 5. The molecule has 354 valence electrons. The van der Waals surface area contributed by atoms with Crippen molar-refractivity contribution in [2.24, 2.45) is 13.0 Å². The summed E-state index contributed by atoms with van der Waals surface area (Å²) in [6, 6.07) is 18.6. The summed E-state index contributed by atoms with van der Waals surface area (Å²) in [5.41, 5.74) is 6.36. The Bertz CT molecular complexity index is 2790. The number of methoxy groups -OCH3 is 1. The van der Waals surface area contributed by atoms with E-state index in [4.69, 9.17) is 9.72 Å². The molecule has 4 aliphatic rings. The van der Waals surface area contributed by atoms with E-state index in [0.29, 0.717) is 34.6 Å². The molecule has 3 aromatic carbocycles. The first-order valence-corrected chi connectivity index (χ1v) is 23.4. The van der Waals surface area contributed by atoms with E-state index in [-0.39, 0.29) is 36.4 Å². The minimum atomic E-state index is -0.990. The SMILES string of the molecule is C=CC(=O)Nc1cc(Nc2nccc(-c3cn(C)c4ccccc34)n2)c(OC)cc1N(C)CCN1CCC(CN2CC(C)N(c3ccc4c(c3)C(=O)N(C3CCC(=O)NC3=O)C4=O)C(C)C2)CC1. The Hall–Kier alpha value is -7.11. The van der Waals surface area contributed by atoms with Gasteiger partial charge in [-0.1, -0.05) is 24.8 Å². The average Bonchev–Trinajstić information content (AvgIpc) is 3.79. The van der Waals surface area contributed by atoms with Crippen molar-refractivity contribution < 1.29 is 28.7 Å². The number of carbonyl (C=O) groups excluding carboxylic acids is 5. The molecule has 3 saturated heterocycles. The lowest BCUT2D eigenvalue weighted by Crippen LogP contribution is -2.58. The number of nitrogens with one attached hydrogen (secondary N) is 3. The Labute approximate surface area is 396 Å². The molecule has 9 rings (SSSR count). The van der Waals surface area contributed by atoms with Crippen molar-refractivity contribution >= 4 is 69.1 Å². The van der Waals surface area contributed by atoms with Gasteiger partial charge in [0.05, 0.1) is 41.0 Å². The zero-order valence-corrected chi connectivity index (χ0v) is 39.3. The van der Waals surface area contributed by atoms with Crippen molar-refractivity contribution in [1.29, 1.82) is 0 Å². The number of hydrogen-bond donors (Lipinski definition) is 3. The molecule has 0 spiro atoms. The zero-order chi connectivity index (χ0) is 47.8. The molecule has 3 unspecified atom stereocenters. The highest BCUT2D eigenvalue weighted by molar-refractivity contribution is 6.23. The molecule has 0 aliphatic carbocycles. The molecule has 0 radical (unpaired) electrons. The summed E-state index contributed by atoms with van der Waals surface area (Å²) in [7, 11) is 5.66. The van der Waals surface area contributed by atoms with Crippen molar-refractivity contribution in [2.75, 3.05) is 80.4 Å². The highest BCUT2D eigenvalue weighted by atomic mass is 16.5. The number of aromatic nitrogens is 3. The molecule has 17 nitrogen and oxygen atoms in total. The van der Waals surface area contributed by atoms with Crippen molar-refractivity contribution in [2.45, 2.75) is 57.7 Å². The Morgan fingerprint density at radius 2 is 1.68 bits per heavy atom. The second-order valence-corrected chi connectivity index (χ2v) is 18.5. The quantitative estimate of drug-likeness (QED) is 0.0920. The van der Waals surface area contributed by atoms with Crippen LogP contribution in [0.4, 0.5) is 28.7 Å². The van der Waals surface area contributed by atoms with Crippen molar-refractivity contribution in [3.05, 3.63) is 96.8 Å². The van der Waals surface area contributed by atoms with Crippen molar-refractivity contribution in [3.8, 4) is 17.0 Å². The fourth-order valence-corrected chi connectivity index (χ4v) is 10.6. The van der Waals surface area contributed by atoms with Gasteiger partial charge in [-0.05, 0) is 94.6 Å². The maximum Gasteiger partial charge on any atom is 0.262 e. The number of para-hydroxylation sites is 1. The maximum atomic E-state index is 13.6. The Balaban J connectivity index is 0.793. The normalized spacial score (nSPS) is 20.4. The van der Waals surface area contributed by atoms with Crippen LogP contribution in [0.2, 0.25) is 0 Å². The number of amides is 5. The van der Waals surface area contributed by atoms with Gasteiger partial charge < -0.3 is 34.6 Å². The number of aryl methyl sites for hydroxylation is 1. The third-order valence-electron chi connectivity index (χ3n) is 13.9. The maximum absolute atomic E-state index is 13.6. The number of fused-ring (bicyclic) bond motifs is 2. The van der Waals surface area contributed by atoms with Gasteiger partial charge in [0.15, 0.2) is 0 Å². The number of benzene rings is 3. The van der Waals surface area contributed by atoms with Crippen LogP contribution < -0.4 is 30.5 Å². The molecule has 0 bridgehead atoms. The Morgan fingerprint density at radius 1 is 0.926 bits per heavy atom. The van der Waals surface area contributed by atoms with E-state index in [2.05, 4.69) is 83.9 Å². The number of ether oxygens (including phenoxy) is 1. The molecular weight excluding hydrogens is 863 g/mol. The predicted molar refractivity (Wildman–Crippen MR) is 262 cm³/mol. The fraction of sp³-hybridized carbons (Fsp3) is 0.392. The Kier molecular flexibility index (Phi) is 13.0. The van der Waals surface area contributed by atoms with E-state index in [1.807, 2.05) is 50.5 Å². The van der Waals surface area contributed by atoms with Crippen LogP contribution >= 0.6 is 0 Å². The van der Waals surface area contributed by atoms with Crippen LogP contribution in [0.5, 0.6) is 5.75 Å². The molecule has 3 atom stereocenters. The van der Waals surface area contributed by atoms with Crippen LogP contribution in [-0.2, 0) is 21.4 Å². The van der Waals surface area contributed by atoms with E-state index in [1.165, 1.54) is 6.08 Å². The van der Waals surface area contributed by atoms with Crippen molar-refractivity contribution in [1.82, 2.24) is 34.6 Å². The van der Waals surface area contributed by atoms with Crippen LogP contribution in [0, 0.1) is 5.92 Å². The van der Waals surface area contributed by atoms with Crippen LogP contribution in [0.1, 0.15) is 60.2 Å². The molecule has 4 aliphatic heterocycles. The summed E-state index contributed by atoms with van der Waals surface area (Å²) in [5.74, 6) is -0.786. The number of likely N-dealkylation sites (N-methyl/N-ethyl adjacent to an activating group) is 1. The van der Waals surface area contributed by atoms with Gasteiger partial charge in [-0.25, -0.2) is 9.97 Å². The lowest BCUT2D eigenvalue weighted by Gasteiger charge is -2.47. The molecule has 5 aromatic rings. The Morgan fingerprint density at radius 3 is 2.41 bits per heavy atom. The monoisotopic (exact) mass is 921 g/mol. The summed E-state index contributed by atoms with van der Waals surface area (Å²) in [6.07, 6.45) is 7.44. The second kappa shape index (κ2) is 19.2. The minimum Gasteiger partial charge on any atom is -0.494 e. The molecule has 17 heteroatoms. The number of nitrogens with zero attached hydrogens (tertiary/aromatic N) is 8. The zero-order valence-electron chi connectivity index (χ0n) is 39.3. The third kappa shape index (κ3) is 9.15. The first kappa shape index (κ1) is 46.0. The number of rotatable bonds is 14. The summed E-state index contributed by atoms with van der Waals surface area (Å²) >= 11 is 0. The molecule has 5 amide bonds. The number of carbonyl (C=O) groups is 5. The second-order valence-electron chi connectivity index (χ2n) is 18.5. The molecular formula is C51H59N11O6. The topological polar surface area (TPSA) is 178 Å². The van der Waals surface area contributed by atoms with Gasteiger partial charge in [0, 0.05) is 106 Å². The fourth-order valence-electron chi connectivity index (χ4n) is 10.6. The molecule has 6 heterocycles. The van der Waals surface area contributed by atoms with Crippen LogP contribution in [0.15, 0.2) is 85.7 Å². The number of hydrogen-bond acceptors (Lipinski definition) is 13. The molecule has 0 saturated carbocycles. The largest absolute Gasteiger partial charge is 0.494 e. The predicted octanol–water partition coefficient (Wildman–Crippen LogP) is 5.66. The first-order valence-electron chi connectivity index (χ1n) is 23.4. The van der Waals surface area contributed by atoms with Gasteiger partial charge in [-0.2, -0.15) is 0 Å². The number of likely N-dealkylation sites (tertiary alicyclic amines) is 1. The van der Waals surface area contributed by atoms with Crippen LogP contribution in [0.3, 0.4) is 0 Å². The van der Waals surface area contributed by atoms with E-state index in [1.54, 1.807) is 25.4 Å². The molecule has 3 fully saturated rings. The molecule has 2 aromatic heterocycles. The standard InChI is InChI=1S/C51H59N11O6/c1-7-46(63)53-40-25-41(55-51-52-19-16-39(54-51)38-30-58(5)42-11-9-8-10-35(38)42)45(68-6)26-44(40)57(4)22-23-59-20-17-33(18-21-59)29-60-27-31(2)61(32(3)28-60)34-12-13-36-37(24-34)50(67)62(49(36)66)43-14-15-47(64)56-48(43)65/h7-13,16,19,24-26,30-33,43H,1,14-15,17-18,20-23,27-29H2,2-6H3,(H,53,63)(H,52,54,55)(H,56,64,65). The van der Waals surface area contributed by atoms with Gasteiger partial charge in [0.2, 0.25) is 23.7 Å². The van der Waals surface area contributed by atoms with Crippen LogP contribution in [-0.4, -0.2) is 137 Å². The van der Waals surface area contributed by atoms with E-state index < -0.39 is 29.7 Å². The average molecular weight is 922 g/mol. The number of piperazine rings is 1. The van der Waals surface area contributed by atoms with E-state index in [9.17, 15) is 24.0 Å². The van der Waals surface area contributed by atoms with Gasteiger partial charge in [0.1, 0.15) is 11.8 Å². The van der Waals surface area contributed by atoms with E-state index >= 15 is 0 Å². The smallest absolute Gasteiger partial charge is 0.262 e. The first-order chi connectivity index (χ1) is 32.8. The lowest BCUT2D eigenvalue weighted by molar-refractivity contribution is -0.136. The van der Waals surface area contributed by atoms with Crippen LogP contribution in [0.25, 0.3) is 22.2 Å². The minimum absolute atomic E-state index is 0.0831.